The standard InChI is InChI=1S/C20H18N4O3/c1-13-3-7-15(8-4-13)21-18-12-11-17(23-24-18)19(25)22-16-9-5-14(6-10-16)20(26)27-2/h3-12H,1-2H3,(H,21,24)(H,22,25). The number of nitrogens with one attached hydrogen (secondary N) is 2. The highest BCUT2D eigenvalue weighted by Crippen LogP contribution is 2.15. The number of anilines is 3. The maximum atomic E-state index is 12.3. The summed E-state index contributed by atoms with van der Waals surface area (Å²) >= 11 is 0. The van der Waals surface area contributed by atoms with E-state index in [1.54, 1.807) is 36.4 Å². The van der Waals surface area contributed by atoms with Gasteiger partial charge in [-0.3, -0.25) is 4.79 Å². The molecule has 27 heavy (non-hydrogen) atoms. The van der Waals surface area contributed by atoms with Crippen molar-refractivity contribution in [3.63, 3.8) is 0 Å². The molecule has 0 radical (unpaired) electrons. The Morgan fingerprint density at radius 1 is 0.852 bits per heavy atom. The van der Waals surface area contributed by atoms with Gasteiger partial charge in [-0.2, -0.15) is 0 Å². The van der Waals surface area contributed by atoms with E-state index >= 15 is 0 Å². The smallest absolute Gasteiger partial charge is 0.337 e. The molecule has 136 valence electrons. The molecule has 0 fully saturated rings. The fourth-order valence-electron chi connectivity index (χ4n) is 2.31. The van der Waals surface area contributed by atoms with E-state index in [2.05, 4.69) is 25.6 Å². The van der Waals surface area contributed by atoms with Crippen LogP contribution in [-0.2, 0) is 4.74 Å². The zero-order valence-corrected chi connectivity index (χ0v) is 14.9. The Hall–Kier alpha value is -3.74. The highest BCUT2D eigenvalue weighted by molar-refractivity contribution is 6.03. The van der Waals surface area contributed by atoms with E-state index in [9.17, 15) is 9.59 Å². The van der Waals surface area contributed by atoms with Gasteiger partial charge in [0, 0.05) is 11.4 Å². The largest absolute Gasteiger partial charge is 0.465 e. The summed E-state index contributed by atoms with van der Waals surface area (Å²) in [6.45, 7) is 2.01. The van der Waals surface area contributed by atoms with Crippen molar-refractivity contribution in [2.24, 2.45) is 0 Å². The second kappa shape index (κ2) is 8.09. The molecule has 3 rings (SSSR count). The SMILES string of the molecule is COC(=O)c1ccc(NC(=O)c2ccc(Nc3ccc(C)cc3)nn2)cc1. The fourth-order valence-corrected chi connectivity index (χ4v) is 2.31. The summed E-state index contributed by atoms with van der Waals surface area (Å²) < 4.78 is 4.64. The number of carbonyl (C=O) groups excluding carboxylic acids is 2. The zero-order valence-electron chi connectivity index (χ0n) is 14.9. The van der Waals surface area contributed by atoms with Crippen LogP contribution in [0.2, 0.25) is 0 Å². The van der Waals surface area contributed by atoms with Gasteiger partial charge in [0.25, 0.3) is 5.91 Å². The lowest BCUT2D eigenvalue weighted by Crippen LogP contribution is -2.14. The molecule has 2 N–H and O–H groups in total. The maximum absolute atomic E-state index is 12.3. The number of amides is 1. The Morgan fingerprint density at radius 3 is 2.11 bits per heavy atom. The van der Waals surface area contributed by atoms with E-state index in [4.69, 9.17) is 0 Å². The van der Waals surface area contributed by atoms with E-state index in [1.807, 2.05) is 31.2 Å². The van der Waals surface area contributed by atoms with Gasteiger partial charge in [0.15, 0.2) is 11.5 Å². The number of hydrogen-bond donors (Lipinski definition) is 2. The first-order valence-electron chi connectivity index (χ1n) is 8.22. The van der Waals surface area contributed by atoms with Gasteiger partial charge in [-0.05, 0) is 55.5 Å². The monoisotopic (exact) mass is 362 g/mol. The summed E-state index contributed by atoms with van der Waals surface area (Å²) in [6, 6.07) is 17.5. The average Bonchev–Trinajstić information content (AvgIpc) is 2.70. The van der Waals surface area contributed by atoms with E-state index in [0.29, 0.717) is 17.1 Å². The molecule has 1 amide bonds. The van der Waals surface area contributed by atoms with Crippen LogP contribution in [0.4, 0.5) is 17.2 Å². The van der Waals surface area contributed by atoms with E-state index in [1.165, 1.54) is 12.7 Å². The number of benzene rings is 2. The number of aryl methyl sites for hydroxylation is 1. The average molecular weight is 362 g/mol. The summed E-state index contributed by atoms with van der Waals surface area (Å²) in [5.41, 5.74) is 3.18. The minimum atomic E-state index is -0.435. The third kappa shape index (κ3) is 4.66. The first kappa shape index (κ1) is 18.1. The Kier molecular flexibility index (Phi) is 5.41. The van der Waals surface area contributed by atoms with Crippen LogP contribution < -0.4 is 10.6 Å². The summed E-state index contributed by atoms with van der Waals surface area (Å²) in [4.78, 5) is 23.7. The molecule has 0 aliphatic rings. The van der Waals surface area contributed by atoms with Crippen LogP contribution in [0.15, 0.2) is 60.7 Å². The lowest BCUT2D eigenvalue weighted by molar-refractivity contribution is 0.0600. The summed E-state index contributed by atoms with van der Waals surface area (Å²) in [5, 5.41) is 13.8. The molecule has 0 unspecified atom stereocenters. The molecule has 0 bridgehead atoms. The van der Waals surface area contributed by atoms with Gasteiger partial charge < -0.3 is 15.4 Å². The summed E-state index contributed by atoms with van der Waals surface area (Å²) in [7, 11) is 1.31. The van der Waals surface area contributed by atoms with Gasteiger partial charge in [-0.25, -0.2) is 4.79 Å². The molecule has 7 nitrogen and oxygen atoms in total. The molecule has 1 aromatic heterocycles. The van der Waals surface area contributed by atoms with Gasteiger partial charge in [-0.15, -0.1) is 10.2 Å². The highest BCUT2D eigenvalue weighted by atomic mass is 16.5. The van der Waals surface area contributed by atoms with Gasteiger partial charge in [-0.1, -0.05) is 17.7 Å². The Bertz CT molecular complexity index is 936. The number of rotatable bonds is 5. The van der Waals surface area contributed by atoms with Crippen LogP contribution in [0.1, 0.15) is 26.4 Å². The lowest BCUT2D eigenvalue weighted by Gasteiger charge is -2.07. The van der Waals surface area contributed by atoms with Crippen molar-refractivity contribution >= 4 is 29.1 Å². The van der Waals surface area contributed by atoms with Crippen LogP contribution in [0.5, 0.6) is 0 Å². The molecule has 0 aliphatic heterocycles. The Morgan fingerprint density at radius 2 is 1.52 bits per heavy atom. The van der Waals surface area contributed by atoms with Crippen LogP contribution in [-0.4, -0.2) is 29.2 Å². The van der Waals surface area contributed by atoms with E-state index in [-0.39, 0.29) is 5.69 Å². The van der Waals surface area contributed by atoms with Crippen molar-refractivity contribution in [1.82, 2.24) is 10.2 Å². The van der Waals surface area contributed by atoms with Crippen LogP contribution in [0.25, 0.3) is 0 Å². The molecular formula is C20H18N4O3. The second-order valence-corrected chi connectivity index (χ2v) is 5.82. The molecule has 0 saturated heterocycles. The number of esters is 1. The van der Waals surface area contributed by atoms with Crippen molar-refractivity contribution in [2.45, 2.75) is 6.92 Å². The summed E-state index contributed by atoms with van der Waals surface area (Å²) in [5.74, 6) is -0.288. The normalized spacial score (nSPS) is 10.1. The minimum absolute atomic E-state index is 0.182. The molecular weight excluding hydrogens is 344 g/mol. The lowest BCUT2D eigenvalue weighted by atomic mass is 10.2. The molecule has 7 heteroatoms. The predicted octanol–water partition coefficient (Wildman–Crippen LogP) is 3.57. The second-order valence-electron chi connectivity index (χ2n) is 5.82. The predicted molar refractivity (Wildman–Crippen MR) is 102 cm³/mol. The number of hydrogen-bond acceptors (Lipinski definition) is 6. The Balaban J connectivity index is 1.63. The molecule has 0 spiro atoms. The minimum Gasteiger partial charge on any atom is -0.465 e. The number of ether oxygens (including phenoxy) is 1. The zero-order chi connectivity index (χ0) is 19.2. The first-order chi connectivity index (χ1) is 13.0. The van der Waals surface area contributed by atoms with Gasteiger partial charge in [0.05, 0.1) is 12.7 Å². The van der Waals surface area contributed by atoms with Crippen molar-refractivity contribution in [2.75, 3.05) is 17.7 Å². The van der Waals surface area contributed by atoms with Crippen LogP contribution in [0, 0.1) is 6.92 Å². The Labute approximate surface area is 156 Å². The van der Waals surface area contributed by atoms with Crippen molar-refractivity contribution in [1.29, 1.82) is 0 Å². The number of nitrogens with zero attached hydrogens (tertiary/aromatic N) is 2. The van der Waals surface area contributed by atoms with Crippen molar-refractivity contribution < 1.29 is 14.3 Å². The van der Waals surface area contributed by atoms with E-state index in [0.717, 1.165) is 5.69 Å². The molecule has 3 aromatic rings. The van der Waals surface area contributed by atoms with Gasteiger partial charge in [0.1, 0.15) is 0 Å². The molecule has 0 aliphatic carbocycles. The molecule has 0 atom stereocenters. The topological polar surface area (TPSA) is 93.2 Å². The van der Waals surface area contributed by atoms with Crippen LogP contribution >= 0.6 is 0 Å². The van der Waals surface area contributed by atoms with Crippen LogP contribution in [0.3, 0.4) is 0 Å². The molecule has 0 saturated carbocycles. The number of methoxy groups -OCH3 is 1. The summed E-state index contributed by atoms with van der Waals surface area (Å²) in [6.07, 6.45) is 0. The van der Waals surface area contributed by atoms with Crippen molar-refractivity contribution in [3.05, 3.63) is 77.5 Å². The quantitative estimate of drug-likeness (QED) is 0.674. The maximum Gasteiger partial charge on any atom is 0.337 e. The molecule has 1 heterocycles. The third-order valence-electron chi connectivity index (χ3n) is 3.79. The third-order valence-corrected chi connectivity index (χ3v) is 3.79. The fraction of sp³-hybridized carbons (Fsp3) is 0.100. The first-order valence-corrected chi connectivity index (χ1v) is 8.22. The van der Waals surface area contributed by atoms with Crippen molar-refractivity contribution in [3.8, 4) is 0 Å². The molecule has 2 aromatic carbocycles. The van der Waals surface area contributed by atoms with Gasteiger partial charge >= 0.3 is 5.97 Å². The van der Waals surface area contributed by atoms with E-state index < -0.39 is 11.9 Å². The van der Waals surface area contributed by atoms with Gasteiger partial charge in [0.2, 0.25) is 0 Å². The number of carbonyl (C=O) groups is 2. The number of aromatic nitrogens is 2. The highest BCUT2D eigenvalue weighted by Gasteiger charge is 2.10.